The molecule has 4 heteroatoms. The molecule has 2 aromatic carbocycles. The van der Waals surface area contributed by atoms with Gasteiger partial charge in [-0.05, 0) is 42.3 Å². The highest BCUT2D eigenvalue weighted by Gasteiger charge is 2.12. The zero-order chi connectivity index (χ0) is 12.6. The van der Waals surface area contributed by atoms with E-state index in [1.54, 1.807) is 6.92 Å². The zero-order valence-electron chi connectivity index (χ0n) is 9.17. The molecule has 0 aliphatic rings. The van der Waals surface area contributed by atoms with Gasteiger partial charge in [-0.2, -0.15) is 0 Å². The van der Waals surface area contributed by atoms with Crippen LogP contribution in [0.5, 0.6) is 5.75 Å². The maximum absolute atomic E-state index is 13.6. The van der Waals surface area contributed by atoms with E-state index in [1.807, 2.05) is 0 Å². The van der Waals surface area contributed by atoms with Crippen molar-refractivity contribution in [1.29, 1.82) is 0 Å². The minimum absolute atomic E-state index is 0.109. The van der Waals surface area contributed by atoms with Crippen molar-refractivity contribution >= 4 is 5.69 Å². The molecule has 0 atom stereocenters. The van der Waals surface area contributed by atoms with Crippen molar-refractivity contribution in [2.24, 2.45) is 0 Å². The van der Waals surface area contributed by atoms with Crippen molar-refractivity contribution in [2.45, 2.75) is 6.92 Å². The van der Waals surface area contributed by atoms with E-state index in [2.05, 4.69) is 0 Å². The van der Waals surface area contributed by atoms with Gasteiger partial charge in [0.15, 0.2) is 11.6 Å². The number of phenols is 1. The minimum Gasteiger partial charge on any atom is -0.506 e. The molecule has 2 rings (SSSR count). The molecule has 0 bridgehead atoms. The Morgan fingerprint density at radius 2 is 1.82 bits per heavy atom. The number of rotatable bonds is 1. The highest BCUT2D eigenvalue weighted by atomic mass is 19.2. The summed E-state index contributed by atoms with van der Waals surface area (Å²) in [4.78, 5) is 0. The van der Waals surface area contributed by atoms with Gasteiger partial charge in [0.1, 0.15) is 5.75 Å². The third kappa shape index (κ3) is 2.06. The number of halogens is 2. The van der Waals surface area contributed by atoms with Gasteiger partial charge in [-0.25, -0.2) is 8.78 Å². The summed E-state index contributed by atoms with van der Waals surface area (Å²) in [5.74, 6) is -1.99. The number of hydrogen-bond donors (Lipinski definition) is 2. The zero-order valence-corrected chi connectivity index (χ0v) is 9.17. The summed E-state index contributed by atoms with van der Waals surface area (Å²) in [7, 11) is 0. The van der Waals surface area contributed by atoms with Crippen molar-refractivity contribution in [3.63, 3.8) is 0 Å². The number of aryl methyl sites for hydroxylation is 1. The van der Waals surface area contributed by atoms with Crippen LogP contribution in [0.15, 0.2) is 30.3 Å². The Labute approximate surface area is 97.3 Å². The highest BCUT2D eigenvalue weighted by molar-refractivity contribution is 5.70. The SMILES string of the molecule is Cc1cc(F)c(F)c(-c2ccc(N)c(O)c2)c1. The molecule has 3 N–H and O–H groups in total. The molecule has 0 aliphatic carbocycles. The first kappa shape index (κ1) is 11.4. The number of hydrogen-bond acceptors (Lipinski definition) is 2. The lowest BCUT2D eigenvalue weighted by Crippen LogP contribution is -1.92. The van der Waals surface area contributed by atoms with Gasteiger partial charge < -0.3 is 10.8 Å². The fourth-order valence-corrected chi connectivity index (χ4v) is 1.65. The minimum atomic E-state index is -0.931. The van der Waals surface area contributed by atoms with Crippen molar-refractivity contribution in [1.82, 2.24) is 0 Å². The molecule has 17 heavy (non-hydrogen) atoms. The third-order valence-electron chi connectivity index (χ3n) is 2.51. The molecule has 0 saturated carbocycles. The Balaban J connectivity index is 2.64. The fourth-order valence-electron chi connectivity index (χ4n) is 1.65. The molecule has 0 amide bonds. The van der Waals surface area contributed by atoms with Crippen LogP contribution in [0.4, 0.5) is 14.5 Å². The molecular weight excluding hydrogens is 224 g/mol. The van der Waals surface area contributed by atoms with Crippen molar-refractivity contribution < 1.29 is 13.9 Å². The Morgan fingerprint density at radius 3 is 2.47 bits per heavy atom. The summed E-state index contributed by atoms with van der Waals surface area (Å²) in [6, 6.07) is 6.93. The first-order valence-corrected chi connectivity index (χ1v) is 5.03. The standard InChI is InChI=1S/C13H11F2NO/c1-7-4-9(13(15)10(14)5-7)8-2-3-11(16)12(17)6-8/h2-6,17H,16H2,1H3. The first-order valence-electron chi connectivity index (χ1n) is 5.03. The maximum atomic E-state index is 13.6. The predicted molar refractivity (Wildman–Crippen MR) is 62.6 cm³/mol. The molecule has 0 aliphatic heterocycles. The van der Waals surface area contributed by atoms with Gasteiger partial charge in [0.05, 0.1) is 5.69 Å². The second-order valence-electron chi connectivity index (χ2n) is 3.88. The van der Waals surface area contributed by atoms with Crippen molar-refractivity contribution in [3.8, 4) is 16.9 Å². The average Bonchev–Trinajstić information content (AvgIpc) is 2.27. The monoisotopic (exact) mass is 235 g/mol. The van der Waals surface area contributed by atoms with Gasteiger partial charge in [0.2, 0.25) is 0 Å². The van der Waals surface area contributed by atoms with Gasteiger partial charge >= 0.3 is 0 Å². The summed E-state index contributed by atoms with van der Waals surface area (Å²) in [6.45, 7) is 1.67. The van der Waals surface area contributed by atoms with Gasteiger partial charge in [0.25, 0.3) is 0 Å². The average molecular weight is 235 g/mol. The van der Waals surface area contributed by atoms with Crippen LogP contribution >= 0.6 is 0 Å². The van der Waals surface area contributed by atoms with Crippen LogP contribution < -0.4 is 5.73 Å². The molecule has 0 radical (unpaired) electrons. The molecule has 88 valence electrons. The van der Waals surface area contributed by atoms with E-state index in [0.29, 0.717) is 11.1 Å². The van der Waals surface area contributed by atoms with Gasteiger partial charge in [0, 0.05) is 5.56 Å². The number of nitrogens with two attached hydrogens (primary N) is 1. The van der Waals surface area contributed by atoms with E-state index in [1.165, 1.54) is 24.3 Å². The van der Waals surface area contributed by atoms with Crippen LogP contribution in [0.3, 0.4) is 0 Å². The topological polar surface area (TPSA) is 46.2 Å². The number of nitrogen functional groups attached to an aromatic ring is 1. The molecular formula is C13H11F2NO. The normalized spacial score (nSPS) is 10.5. The second-order valence-corrected chi connectivity index (χ2v) is 3.88. The number of benzene rings is 2. The highest BCUT2D eigenvalue weighted by Crippen LogP contribution is 2.31. The quantitative estimate of drug-likeness (QED) is 0.588. The molecule has 0 fully saturated rings. The smallest absolute Gasteiger partial charge is 0.166 e. The van der Waals surface area contributed by atoms with Crippen LogP contribution in [0.25, 0.3) is 11.1 Å². The van der Waals surface area contributed by atoms with Crippen molar-refractivity contribution in [2.75, 3.05) is 5.73 Å². The second kappa shape index (κ2) is 4.05. The lowest BCUT2D eigenvalue weighted by atomic mass is 10.0. The van der Waals surface area contributed by atoms with E-state index in [-0.39, 0.29) is 17.0 Å². The fraction of sp³-hybridized carbons (Fsp3) is 0.0769. The van der Waals surface area contributed by atoms with Gasteiger partial charge in [-0.3, -0.25) is 0 Å². The maximum Gasteiger partial charge on any atom is 0.166 e. The molecule has 0 spiro atoms. The first-order chi connectivity index (χ1) is 7.99. The largest absolute Gasteiger partial charge is 0.506 e. The van der Waals surface area contributed by atoms with E-state index in [4.69, 9.17) is 5.73 Å². The third-order valence-corrected chi connectivity index (χ3v) is 2.51. The lowest BCUT2D eigenvalue weighted by molar-refractivity contribution is 0.478. The number of phenolic OH excluding ortho intramolecular Hbond substituents is 1. The summed E-state index contributed by atoms with van der Waals surface area (Å²) in [6.07, 6.45) is 0. The Morgan fingerprint density at radius 1 is 1.12 bits per heavy atom. The Hall–Kier alpha value is -2.10. The van der Waals surface area contributed by atoms with Crippen LogP contribution in [-0.4, -0.2) is 5.11 Å². The van der Waals surface area contributed by atoms with Crippen LogP contribution in [-0.2, 0) is 0 Å². The summed E-state index contributed by atoms with van der Waals surface area (Å²) < 4.78 is 26.9. The number of aromatic hydroxyl groups is 1. The van der Waals surface area contributed by atoms with Gasteiger partial charge in [-0.15, -0.1) is 0 Å². The molecule has 2 aromatic rings. The predicted octanol–water partition coefficient (Wildman–Crippen LogP) is 3.23. The van der Waals surface area contributed by atoms with E-state index in [0.717, 1.165) is 6.07 Å². The summed E-state index contributed by atoms with van der Waals surface area (Å²) in [5.41, 5.74) is 6.75. The Kier molecular flexibility index (Phi) is 2.71. The number of anilines is 1. The molecule has 2 nitrogen and oxygen atoms in total. The molecule has 0 unspecified atom stereocenters. The summed E-state index contributed by atoms with van der Waals surface area (Å²) in [5, 5.41) is 9.45. The lowest BCUT2D eigenvalue weighted by Gasteiger charge is -2.07. The molecule has 0 aromatic heterocycles. The van der Waals surface area contributed by atoms with Crippen LogP contribution in [0, 0.1) is 18.6 Å². The van der Waals surface area contributed by atoms with Gasteiger partial charge in [-0.1, -0.05) is 6.07 Å². The Bertz CT molecular complexity index is 582. The van der Waals surface area contributed by atoms with Crippen LogP contribution in [0.1, 0.15) is 5.56 Å². The van der Waals surface area contributed by atoms with E-state index >= 15 is 0 Å². The van der Waals surface area contributed by atoms with Crippen LogP contribution in [0.2, 0.25) is 0 Å². The summed E-state index contributed by atoms with van der Waals surface area (Å²) >= 11 is 0. The molecule has 0 heterocycles. The van der Waals surface area contributed by atoms with Crippen molar-refractivity contribution in [3.05, 3.63) is 47.5 Å². The van der Waals surface area contributed by atoms with E-state index in [9.17, 15) is 13.9 Å². The van der Waals surface area contributed by atoms with E-state index < -0.39 is 11.6 Å². The molecule has 0 saturated heterocycles.